The minimum Gasteiger partial charge on any atom is -0.378 e. The van der Waals surface area contributed by atoms with Crippen molar-refractivity contribution in [2.24, 2.45) is 0 Å². The zero-order valence-electron chi connectivity index (χ0n) is 11.8. The van der Waals surface area contributed by atoms with Crippen molar-refractivity contribution in [3.63, 3.8) is 0 Å². The number of nitrogens with zero attached hydrogens (tertiary/aromatic N) is 4. The second kappa shape index (κ2) is 8.24. The second-order valence-corrected chi connectivity index (χ2v) is 5.02. The van der Waals surface area contributed by atoms with Crippen LogP contribution in [0.1, 0.15) is 25.0 Å². The molecule has 2 heterocycles. The molecule has 2 rings (SSSR count). The van der Waals surface area contributed by atoms with Crippen molar-refractivity contribution >= 4 is 0 Å². The van der Waals surface area contributed by atoms with Crippen molar-refractivity contribution in [1.29, 1.82) is 0 Å². The largest absolute Gasteiger partial charge is 0.378 e. The van der Waals surface area contributed by atoms with Crippen LogP contribution in [0.15, 0.2) is 6.20 Å². The third kappa shape index (κ3) is 5.26. The first-order valence-electron chi connectivity index (χ1n) is 7.22. The number of ether oxygens (including phenoxy) is 1. The summed E-state index contributed by atoms with van der Waals surface area (Å²) in [5, 5.41) is 11.2. The molecule has 6 nitrogen and oxygen atoms in total. The number of piperidine rings is 1. The van der Waals surface area contributed by atoms with Gasteiger partial charge in [-0.05, 0) is 33.0 Å². The number of likely N-dealkylation sites (tertiary alicyclic amines) is 1. The summed E-state index contributed by atoms with van der Waals surface area (Å²) in [6.45, 7) is 6.59. The Bertz CT molecular complexity index is 349. The maximum absolute atomic E-state index is 5.66. The topological polar surface area (TPSA) is 55.2 Å². The highest BCUT2D eigenvalue weighted by molar-refractivity contribution is 4.90. The summed E-state index contributed by atoms with van der Waals surface area (Å²) in [6, 6.07) is 0. The summed E-state index contributed by atoms with van der Waals surface area (Å²) in [5.74, 6) is 0. The molecule has 1 aromatic rings. The molecule has 0 bridgehead atoms. The highest BCUT2D eigenvalue weighted by Crippen LogP contribution is 2.07. The zero-order valence-corrected chi connectivity index (χ0v) is 11.8. The Kier molecular flexibility index (Phi) is 6.26. The van der Waals surface area contributed by atoms with Gasteiger partial charge in [0.2, 0.25) is 0 Å². The van der Waals surface area contributed by atoms with Gasteiger partial charge in [0.05, 0.1) is 25.5 Å². The predicted molar refractivity (Wildman–Crippen MR) is 73.9 cm³/mol. The zero-order chi connectivity index (χ0) is 13.3. The maximum Gasteiger partial charge on any atom is 0.0964 e. The third-order valence-corrected chi connectivity index (χ3v) is 3.41. The fourth-order valence-corrected chi connectivity index (χ4v) is 2.35. The molecular weight excluding hydrogens is 242 g/mol. The van der Waals surface area contributed by atoms with Gasteiger partial charge < -0.3 is 15.0 Å². The number of hydrogen-bond acceptors (Lipinski definition) is 5. The molecule has 1 aliphatic rings. The van der Waals surface area contributed by atoms with Gasteiger partial charge in [-0.2, -0.15) is 0 Å². The lowest BCUT2D eigenvalue weighted by Gasteiger charge is -2.26. The first kappa shape index (κ1) is 14.4. The summed E-state index contributed by atoms with van der Waals surface area (Å²) in [4.78, 5) is 2.49. The normalized spacial score (nSPS) is 16.9. The molecule has 0 amide bonds. The molecular formula is C13H25N5O. The van der Waals surface area contributed by atoms with E-state index >= 15 is 0 Å². The summed E-state index contributed by atoms with van der Waals surface area (Å²) < 4.78 is 7.50. The lowest BCUT2D eigenvalue weighted by Crippen LogP contribution is -2.32. The highest BCUT2D eigenvalue weighted by Gasteiger charge is 2.08. The monoisotopic (exact) mass is 267 g/mol. The minimum atomic E-state index is 0.705. The first-order valence-corrected chi connectivity index (χ1v) is 7.22. The van der Waals surface area contributed by atoms with Gasteiger partial charge in [0.1, 0.15) is 0 Å². The van der Waals surface area contributed by atoms with Crippen LogP contribution in [-0.2, 0) is 17.8 Å². The Morgan fingerprint density at radius 1 is 1.21 bits per heavy atom. The lowest BCUT2D eigenvalue weighted by atomic mass is 10.1. The van der Waals surface area contributed by atoms with Gasteiger partial charge in [-0.25, -0.2) is 4.68 Å². The van der Waals surface area contributed by atoms with E-state index in [-0.39, 0.29) is 0 Å². The number of aromatic nitrogens is 3. The molecule has 0 radical (unpaired) electrons. The summed E-state index contributed by atoms with van der Waals surface area (Å²) >= 11 is 0. The molecule has 0 aromatic carbocycles. The van der Waals surface area contributed by atoms with Crippen LogP contribution in [0.5, 0.6) is 0 Å². The van der Waals surface area contributed by atoms with Crippen LogP contribution in [0.2, 0.25) is 0 Å². The molecule has 0 atom stereocenters. The van der Waals surface area contributed by atoms with E-state index in [0.29, 0.717) is 6.61 Å². The van der Waals surface area contributed by atoms with E-state index in [1.54, 1.807) is 0 Å². The Morgan fingerprint density at radius 3 is 2.79 bits per heavy atom. The average molecular weight is 267 g/mol. The highest BCUT2D eigenvalue weighted by atomic mass is 16.5. The second-order valence-electron chi connectivity index (χ2n) is 5.02. The van der Waals surface area contributed by atoms with Crippen molar-refractivity contribution in [3.05, 3.63) is 11.9 Å². The number of hydrogen-bond donors (Lipinski definition) is 1. The van der Waals surface area contributed by atoms with Crippen LogP contribution in [-0.4, -0.2) is 59.8 Å². The molecule has 6 heteroatoms. The van der Waals surface area contributed by atoms with Crippen LogP contribution in [0.25, 0.3) is 0 Å². The van der Waals surface area contributed by atoms with Crippen molar-refractivity contribution in [1.82, 2.24) is 25.2 Å². The maximum atomic E-state index is 5.66. The standard InChI is InChI=1S/C13H25N5O/c1-14-11-13-12-18(16-15-13)8-10-19-9-7-17-5-3-2-4-6-17/h12,14H,2-11H2,1H3. The Hall–Kier alpha value is -0.980. The van der Waals surface area contributed by atoms with Crippen LogP contribution in [0.4, 0.5) is 0 Å². The number of rotatable bonds is 8. The fraction of sp³-hybridized carbons (Fsp3) is 0.846. The van der Waals surface area contributed by atoms with Gasteiger partial charge in [-0.1, -0.05) is 11.6 Å². The van der Waals surface area contributed by atoms with Crippen molar-refractivity contribution in [2.75, 3.05) is 39.9 Å². The van der Waals surface area contributed by atoms with E-state index in [9.17, 15) is 0 Å². The summed E-state index contributed by atoms with van der Waals surface area (Å²) in [5.41, 5.74) is 0.968. The van der Waals surface area contributed by atoms with Crippen LogP contribution < -0.4 is 5.32 Å². The molecule has 1 aliphatic heterocycles. The Morgan fingerprint density at radius 2 is 2.00 bits per heavy atom. The third-order valence-electron chi connectivity index (χ3n) is 3.41. The number of nitrogens with one attached hydrogen (secondary N) is 1. The molecule has 19 heavy (non-hydrogen) atoms. The van der Waals surface area contributed by atoms with Gasteiger partial charge in [0.25, 0.3) is 0 Å². The van der Waals surface area contributed by atoms with Gasteiger partial charge in [0.15, 0.2) is 0 Å². The molecule has 0 spiro atoms. The Balaban J connectivity index is 1.53. The smallest absolute Gasteiger partial charge is 0.0964 e. The minimum absolute atomic E-state index is 0.705. The van der Waals surface area contributed by atoms with Crippen LogP contribution >= 0.6 is 0 Å². The SMILES string of the molecule is CNCc1cn(CCOCCN2CCCCC2)nn1. The van der Waals surface area contributed by atoms with E-state index < -0.39 is 0 Å². The fourth-order valence-electron chi connectivity index (χ4n) is 2.35. The predicted octanol–water partition coefficient (Wildman–Crippen LogP) is 0.500. The molecule has 108 valence electrons. The summed E-state index contributed by atoms with van der Waals surface area (Å²) in [6.07, 6.45) is 6.03. The van der Waals surface area contributed by atoms with Crippen molar-refractivity contribution in [2.45, 2.75) is 32.4 Å². The molecule has 1 aromatic heterocycles. The van der Waals surface area contributed by atoms with Gasteiger partial charge in [-0.3, -0.25) is 0 Å². The molecule has 0 aliphatic carbocycles. The van der Waals surface area contributed by atoms with Gasteiger partial charge >= 0.3 is 0 Å². The molecule has 1 fully saturated rings. The van der Waals surface area contributed by atoms with E-state index in [2.05, 4.69) is 20.5 Å². The summed E-state index contributed by atoms with van der Waals surface area (Å²) in [7, 11) is 1.91. The van der Waals surface area contributed by atoms with E-state index in [1.165, 1.54) is 32.4 Å². The van der Waals surface area contributed by atoms with Crippen LogP contribution in [0.3, 0.4) is 0 Å². The average Bonchev–Trinajstić information content (AvgIpc) is 2.88. The lowest BCUT2D eigenvalue weighted by molar-refractivity contribution is 0.0896. The van der Waals surface area contributed by atoms with Crippen molar-refractivity contribution < 1.29 is 4.74 Å². The molecule has 1 N–H and O–H groups in total. The Labute approximate surface area is 115 Å². The quantitative estimate of drug-likeness (QED) is 0.695. The van der Waals surface area contributed by atoms with Gasteiger partial charge in [0, 0.05) is 19.3 Å². The van der Waals surface area contributed by atoms with Gasteiger partial charge in [-0.15, -0.1) is 5.10 Å². The van der Waals surface area contributed by atoms with E-state index in [1.807, 2.05) is 17.9 Å². The van der Waals surface area contributed by atoms with Crippen LogP contribution in [0, 0.1) is 0 Å². The first-order chi connectivity index (χ1) is 9.38. The molecule has 0 saturated carbocycles. The van der Waals surface area contributed by atoms with E-state index in [0.717, 1.165) is 31.9 Å². The van der Waals surface area contributed by atoms with Crippen molar-refractivity contribution in [3.8, 4) is 0 Å². The molecule has 1 saturated heterocycles. The van der Waals surface area contributed by atoms with E-state index in [4.69, 9.17) is 4.74 Å². The molecule has 0 unspecified atom stereocenters.